The monoisotopic (exact) mass is 611 g/mol. The molecule has 0 aliphatic rings. The zero-order valence-corrected chi connectivity index (χ0v) is 26.7. The molecule has 236 valence electrons. The van der Waals surface area contributed by atoms with E-state index >= 15 is 0 Å². The maximum absolute atomic E-state index is 14.3. The van der Waals surface area contributed by atoms with E-state index in [-0.39, 0.29) is 18.0 Å². The number of aryl methyl sites for hydroxylation is 2. The van der Waals surface area contributed by atoms with Crippen molar-refractivity contribution >= 4 is 11.5 Å². The topological polar surface area (TPSA) is 133 Å². The number of hydrogen-bond donors (Lipinski definition) is 1. The van der Waals surface area contributed by atoms with Crippen LogP contribution in [0.25, 0.3) is 28.3 Å². The minimum Gasteiger partial charge on any atom is -0.399 e. The summed E-state index contributed by atoms with van der Waals surface area (Å²) in [6, 6.07) is 15.8. The lowest BCUT2D eigenvalue weighted by atomic mass is 9.96. The van der Waals surface area contributed by atoms with Gasteiger partial charge in [0.1, 0.15) is 12.9 Å². The van der Waals surface area contributed by atoms with Crippen LogP contribution in [-0.4, -0.2) is 42.1 Å². The minimum atomic E-state index is -0.602. The first-order valence-corrected chi connectivity index (χ1v) is 15.7. The molecule has 45 heavy (non-hydrogen) atoms. The number of aromatic amines is 1. The van der Waals surface area contributed by atoms with Crippen molar-refractivity contribution in [2.24, 2.45) is 11.1 Å². The number of unbranched alkanes of at least 4 members (excludes halogenated alkanes) is 2. The van der Waals surface area contributed by atoms with E-state index in [0.717, 1.165) is 65.8 Å². The van der Waals surface area contributed by atoms with Gasteiger partial charge in [0.2, 0.25) is 5.78 Å². The maximum atomic E-state index is 14.3. The lowest BCUT2D eigenvalue weighted by Gasteiger charge is -2.18. The average molecular weight is 612 g/mol. The van der Waals surface area contributed by atoms with Gasteiger partial charge in [-0.05, 0) is 42.4 Å². The Balaban J connectivity index is 1.53. The highest BCUT2D eigenvalue weighted by Gasteiger charge is 2.23. The van der Waals surface area contributed by atoms with Crippen LogP contribution >= 0.6 is 0 Å². The average Bonchev–Trinajstić information content (AvgIpc) is 3.65. The molecule has 0 radical (unpaired) electrons. The van der Waals surface area contributed by atoms with Gasteiger partial charge in [0, 0.05) is 17.5 Å². The van der Waals surface area contributed by atoms with Crippen molar-refractivity contribution in [3.63, 3.8) is 0 Å². The van der Waals surface area contributed by atoms with Crippen LogP contribution in [0.5, 0.6) is 0 Å². The Morgan fingerprint density at radius 2 is 1.80 bits per heavy atom. The third kappa shape index (κ3) is 6.97. The van der Waals surface area contributed by atoms with E-state index in [0.29, 0.717) is 35.8 Å². The second-order valence-electron chi connectivity index (χ2n) is 11.5. The van der Waals surface area contributed by atoms with E-state index in [4.69, 9.17) is 14.5 Å². The quantitative estimate of drug-likeness (QED) is 0.0929. The summed E-state index contributed by atoms with van der Waals surface area (Å²) in [6.07, 6.45) is 6.33. The number of oxime groups is 1. The zero-order valence-electron chi connectivity index (χ0n) is 26.7. The molecule has 5 aromatic rings. The second-order valence-corrected chi connectivity index (χ2v) is 11.5. The fourth-order valence-electron chi connectivity index (χ4n) is 5.79. The van der Waals surface area contributed by atoms with Gasteiger partial charge >= 0.3 is 5.76 Å². The molecule has 0 saturated carbocycles. The number of nitrogens with one attached hydrogen (secondary N) is 1. The van der Waals surface area contributed by atoms with Crippen LogP contribution in [0.4, 0.5) is 0 Å². The van der Waals surface area contributed by atoms with Crippen LogP contribution in [0.3, 0.4) is 0 Å². The lowest BCUT2D eigenvalue weighted by Crippen LogP contribution is -2.33. The van der Waals surface area contributed by atoms with Gasteiger partial charge in [-0.15, -0.1) is 0 Å². The van der Waals surface area contributed by atoms with Crippen molar-refractivity contribution in [2.75, 3.05) is 7.11 Å². The zero-order chi connectivity index (χ0) is 31.9. The van der Waals surface area contributed by atoms with Gasteiger partial charge in [0.25, 0.3) is 5.56 Å². The van der Waals surface area contributed by atoms with Gasteiger partial charge < -0.3 is 4.84 Å². The van der Waals surface area contributed by atoms with Gasteiger partial charge in [-0.2, -0.15) is 10.1 Å². The summed E-state index contributed by atoms with van der Waals surface area (Å²) in [5.74, 6) is 1.05. The van der Waals surface area contributed by atoms with E-state index in [1.54, 1.807) is 11.7 Å². The highest BCUT2D eigenvalue weighted by molar-refractivity contribution is 5.86. The Morgan fingerprint density at radius 3 is 2.47 bits per heavy atom. The molecule has 0 spiro atoms. The molecule has 1 unspecified atom stereocenters. The van der Waals surface area contributed by atoms with E-state index < -0.39 is 5.76 Å². The summed E-state index contributed by atoms with van der Waals surface area (Å²) < 4.78 is 8.27. The van der Waals surface area contributed by atoms with E-state index in [1.165, 1.54) is 0 Å². The molecule has 1 N–H and O–H groups in total. The normalized spacial score (nSPS) is 12.6. The van der Waals surface area contributed by atoms with Gasteiger partial charge in [-0.1, -0.05) is 105 Å². The first-order chi connectivity index (χ1) is 21.8. The molecule has 0 bridgehead atoms. The number of fused-ring (bicyclic) bond motifs is 1. The number of H-pyrrole nitrogens is 1. The first-order valence-electron chi connectivity index (χ1n) is 15.7. The molecule has 0 saturated heterocycles. The van der Waals surface area contributed by atoms with Crippen LogP contribution in [0, 0.1) is 12.8 Å². The van der Waals surface area contributed by atoms with Gasteiger partial charge in [0.15, 0.2) is 5.82 Å². The molecule has 0 aliphatic heterocycles. The third-order valence-electron chi connectivity index (χ3n) is 8.14. The van der Waals surface area contributed by atoms with Gasteiger partial charge in [-0.3, -0.25) is 18.9 Å². The molecule has 3 heterocycles. The number of nitrogens with zero attached hydrogens (tertiary/aromatic N) is 6. The summed E-state index contributed by atoms with van der Waals surface area (Å²) in [5.41, 5.74) is 5.88. The summed E-state index contributed by atoms with van der Waals surface area (Å²) in [7, 11) is 1.54. The maximum Gasteiger partial charge on any atom is 0.439 e. The Hall–Kier alpha value is -4.80. The van der Waals surface area contributed by atoms with Crippen molar-refractivity contribution in [1.29, 1.82) is 0 Å². The second kappa shape index (κ2) is 14.3. The first kappa shape index (κ1) is 31.6. The minimum absolute atomic E-state index is 0.0904. The van der Waals surface area contributed by atoms with Crippen molar-refractivity contribution in [3.8, 4) is 22.5 Å². The van der Waals surface area contributed by atoms with Crippen LogP contribution < -0.4 is 11.3 Å². The molecular formula is C34H41N7O4. The molecule has 0 aliphatic carbocycles. The summed E-state index contributed by atoms with van der Waals surface area (Å²) >= 11 is 0. The number of aromatic nitrogens is 6. The van der Waals surface area contributed by atoms with Crippen molar-refractivity contribution < 1.29 is 9.36 Å². The standard InChI is InChI=1S/C34H41N7O4/c1-6-8-9-13-22(3)29(38-44-5)21-40-32(42)28(30(12-7-2)41-33(40)35-23(4)37-41)20-24-16-18-25(19-17-24)26-14-10-11-15-27(26)31-36-34(43)45-39-31/h10-11,14-19,22H,6-9,12-13,20-21H2,1-5H3,(H,36,39,43)/b38-29-. The summed E-state index contributed by atoms with van der Waals surface area (Å²) in [5, 5.41) is 13.0. The molecule has 11 heteroatoms. The number of benzene rings is 2. The van der Waals surface area contributed by atoms with Crippen LogP contribution in [0.2, 0.25) is 0 Å². The highest BCUT2D eigenvalue weighted by atomic mass is 16.6. The van der Waals surface area contributed by atoms with E-state index in [9.17, 15) is 9.59 Å². The molecule has 0 amide bonds. The predicted molar refractivity (Wildman–Crippen MR) is 175 cm³/mol. The van der Waals surface area contributed by atoms with Crippen molar-refractivity contribution in [1.82, 2.24) is 29.3 Å². The number of hydrogen-bond acceptors (Lipinski definition) is 8. The Bertz CT molecular complexity index is 1900. The van der Waals surface area contributed by atoms with E-state index in [1.807, 2.05) is 60.0 Å². The lowest BCUT2D eigenvalue weighted by molar-refractivity contribution is 0.209. The van der Waals surface area contributed by atoms with Gasteiger partial charge in [-0.25, -0.2) is 9.31 Å². The summed E-state index contributed by atoms with van der Waals surface area (Å²) in [4.78, 5) is 38.5. The Morgan fingerprint density at radius 1 is 1.04 bits per heavy atom. The fraction of sp³-hybridized carbons (Fsp3) is 0.412. The van der Waals surface area contributed by atoms with Gasteiger partial charge in [0.05, 0.1) is 18.0 Å². The molecule has 3 aromatic heterocycles. The van der Waals surface area contributed by atoms with Crippen LogP contribution in [-0.2, 0) is 24.2 Å². The molecule has 2 aromatic carbocycles. The molecule has 5 rings (SSSR count). The van der Waals surface area contributed by atoms with Crippen molar-refractivity contribution in [3.05, 3.63) is 92.1 Å². The summed E-state index contributed by atoms with van der Waals surface area (Å²) in [6.45, 7) is 8.55. The largest absolute Gasteiger partial charge is 0.439 e. The predicted octanol–water partition coefficient (Wildman–Crippen LogP) is 5.97. The SMILES string of the molecule is CCCCCC(C)/C(Cn1c(=O)c(Cc2ccc(-c3ccccc3-c3noc(=O)[nH]3)cc2)c(CCC)n2nc(C)nc12)=N\OC. The third-order valence-corrected chi connectivity index (χ3v) is 8.14. The van der Waals surface area contributed by atoms with Crippen LogP contribution in [0.15, 0.2) is 67.8 Å². The Labute approximate surface area is 262 Å². The smallest absolute Gasteiger partial charge is 0.399 e. The fourth-order valence-corrected chi connectivity index (χ4v) is 5.79. The Kier molecular flexibility index (Phi) is 10.1. The molecule has 11 nitrogen and oxygen atoms in total. The highest BCUT2D eigenvalue weighted by Crippen LogP contribution is 2.30. The van der Waals surface area contributed by atoms with Crippen LogP contribution in [0.1, 0.15) is 75.5 Å². The molecule has 1 atom stereocenters. The van der Waals surface area contributed by atoms with E-state index in [2.05, 4.69) is 41.1 Å². The molecule has 0 fully saturated rings. The molecular weight excluding hydrogens is 570 g/mol. The number of rotatable bonds is 14. The van der Waals surface area contributed by atoms with Crippen molar-refractivity contribution in [2.45, 2.75) is 79.2 Å².